The number of aryl methyl sites for hydroxylation is 1. The predicted molar refractivity (Wildman–Crippen MR) is 109 cm³/mol. The van der Waals surface area contributed by atoms with E-state index in [1.54, 1.807) is 0 Å². The van der Waals surface area contributed by atoms with Crippen molar-refractivity contribution in [3.63, 3.8) is 0 Å². The molecule has 0 aromatic heterocycles. The van der Waals surface area contributed by atoms with E-state index in [1.807, 2.05) is 61.2 Å². The lowest BCUT2D eigenvalue weighted by Gasteiger charge is -2.31. The Bertz CT molecular complexity index is 817. The molecule has 4 nitrogen and oxygen atoms in total. The molecule has 130 valence electrons. The zero-order chi connectivity index (χ0) is 18.0. The summed E-state index contributed by atoms with van der Waals surface area (Å²) in [6.07, 6.45) is 1.93. The molecule has 5 heteroatoms. The van der Waals surface area contributed by atoms with Crippen LogP contribution in [0.5, 0.6) is 0 Å². The second-order valence-corrected chi connectivity index (χ2v) is 7.69. The number of hydrogen-bond acceptors (Lipinski definition) is 2. The van der Waals surface area contributed by atoms with Crippen LogP contribution in [0.15, 0.2) is 42.5 Å². The predicted octanol–water partition coefficient (Wildman–Crippen LogP) is 4.48. The lowest BCUT2D eigenvalue weighted by Crippen LogP contribution is -2.38. The van der Waals surface area contributed by atoms with Gasteiger partial charge in [-0.3, -0.25) is 9.59 Å². The highest BCUT2D eigenvalue weighted by molar-refractivity contribution is 14.1. The summed E-state index contributed by atoms with van der Waals surface area (Å²) < 4.78 is 0.909. The van der Waals surface area contributed by atoms with E-state index < -0.39 is 0 Å². The molecule has 2 amide bonds. The van der Waals surface area contributed by atoms with E-state index in [0.717, 1.165) is 34.2 Å². The van der Waals surface area contributed by atoms with Gasteiger partial charge in [-0.25, -0.2) is 0 Å². The van der Waals surface area contributed by atoms with E-state index >= 15 is 0 Å². The van der Waals surface area contributed by atoms with E-state index in [2.05, 4.69) is 27.9 Å². The molecule has 3 rings (SSSR count). The number of carbonyl (C=O) groups is 2. The molecule has 1 N–H and O–H groups in total. The second-order valence-electron chi connectivity index (χ2n) is 6.53. The molecule has 1 aliphatic heterocycles. The van der Waals surface area contributed by atoms with Crippen LogP contribution in [0.2, 0.25) is 0 Å². The summed E-state index contributed by atoms with van der Waals surface area (Å²) in [6.45, 7) is 4.57. The van der Waals surface area contributed by atoms with Crippen molar-refractivity contribution in [2.24, 2.45) is 5.92 Å². The van der Waals surface area contributed by atoms with E-state index in [-0.39, 0.29) is 17.7 Å². The van der Waals surface area contributed by atoms with Gasteiger partial charge in [0.1, 0.15) is 0 Å². The Balaban J connectivity index is 1.87. The molecule has 1 aliphatic rings. The number of halogens is 1. The molecular formula is C20H21IN2O2. The Morgan fingerprint density at radius 3 is 2.64 bits per heavy atom. The molecule has 2 aromatic carbocycles. The summed E-state index contributed by atoms with van der Waals surface area (Å²) in [4.78, 5) is 26.9. The molecule has 25 heavy (non-hydrogen) atoms. The fraction of sp³-hybridized carbons (Fsp3) is 0.300. The molecule has 0 bridgehead atoms. The van der Waals surface area contributed by atoms with Gasteiger partial charge in [-0.2, -0.15) is 0 Å². The Morgan fingerprint density at radius 1 is 1.16 bits per heavy atom. The largest absolute Gasteiger partial charge is 0.322 e. The molecule has 0 spiro atoms. The summed E-state index contributed by atoms with van der Waals surface area (Å²) in [6, 6.07) is 13.3. The Labute approximate surface area is 161 Å². The quantitative estimate of drug-likeness (QED) is 0.705. The first-order valence-electron chi connectivity index (χ1n) is 8.47. The molecule has 0 radical (unpaired) electrons. The van der Waals surface area contributed by atoms with Crippen LogP contribution >= 0.6 is 22.6 Å². The van der Waals surface area contributed by atoms with E-state index in [1.165, 1.54) is 0 Å². The minimum atomic E-state index is -0.137. The molecule has 0 atom stereocenters. The maximum absolute atomic E-state index is 12.5. The van der Waals surface area contributed by atoms with Crippen LogP contribution in [-0.2, 0) is 11.2 Å². The van der Waals surface area contributed by atoms with Gasteiger partial charge in [0.05, 0.1) is 5.56 Å². The highest BCUT2D eigenvalue weighted by Gasteiger charge is 2.24. The molecule has 0 saturated heterocycles. The summed E-state index contributed by atoms with van der Waals surface area (Å²) in [7, 11) is 0. The SMILES string of the molecule is CC(C)C(=O)N1CCCc2ccc(NC(=O)c3ccccc3I)cc21. The fourth-order valence-electron chi connectivity index (χ4n) is 3.04. The smallest absolute Gasteiger partial charge is 0.256 e. The maximum Gasteiger partial charge on any atom is 0.256 e. The Morgan fingerprint density at radius 2 is 1.92 bits per heavy atom. The molecule has 0 unspecified atom stereocenters. The van der Waals surface area contributed by atoms with Gasteiger partial charge in [0.2, 0.25) is 5.91 Å². The van der Waals surface area contributed by atoms with Crippen molar-refractivity contribution >= 4 is 45.8 Å². The van der Waals surface area contributed by atoms with Gasteiger partial charge in [0, 0.05) is 27.4 Å². The first-order chi connectivity index (χ1) is 12.0. The Hall–Kier alpha value is -1.89. The summed E-state index contributed by atoms with van der Waals surface area (Å²) in [5, 5.41) is 2.96. The van der Waals surface area contributed by atoms with E-state index in [0.29, 0.717) is 11.3 Å². The maximum atomic E-state index is 12.5. The van der Waals surface area contributed by atoms with Crippen molar-refractivity contribution in [3.05, 3.63) is 57.2 Å². The van der Waals surface area contributed by atoms with Crippen molar-refractivity contribution in [2.75, 3.05) is 16.8 Å². The van der Waals surface area contributed by atoms with Crippen molar-refractivity contribution < 1.29 is 9.59 Å². The van der Waals surface area contributed by atoms with Crippen molar-refractivity contribution in [1.82, 2.24) is 0 Å². The molecule has 2 aromatic rings. The number of nitrogens with zero attached hydrogens (tertiary/aromatic N) is 1. The Kier molecular flexibility index (Phi) is 5.42. The number of hydrogen-bond donors (Lipinski definition) is 1. The minimum absolute atomic E-state index is 0.0462. The summed E-state index contributed by atoms with van der Waals surface area (Å²) in [5.41, 5.74) is 3.45. The number of rotatable bonds is 3. The zero-order valence-corrected chi connectivity index (χ0v) is 16.5. The average Bonchev–Trinajstić information content (AvgIpc) is 2.60. The van der Waals surface area contributed by atoms with Gasteiger partial charge in [-0.1, -0.05) is 32.0 Å². The number of benzene rings is 2. The van der Waals surface area contributed by atoms with E-state index in [4.69, 9.17) is 0 Å². The van der Waals surface area contributed by atoms with Crippen LogP contribution in [0.3, 0.4) is 0 Å². The van der Waals surface area contributed by atoms with Gasteiger partial charge in [0.15, 0.2) is 0 Å². The number of nitrogens with one attached hydrogen (secondary N) is 1. The van der Waals surface area contributed by atoms with Crippen LogP contribution in [0, 0.1) is 9.49 Å². The van der Waals surface area contributed by atoms with Gasteiger partial charge >= 0.3 is 0 Å². The van der Waals surface area contributed by atoms with Crippen LogP contribution < -0.4 is 10.2 Å². The number of carbonyl (C=O) groups excluding carboxylic acids is 2. The van der Waals surface area contributed by atoms with Gasteiger partial charge in [-0.05, 0) is 65.3 Å². The first-order valence-corrected chi connectivity index (χ1v) is 9.55. The monoisotopic (exact) mass is 448 g/mol. The molecular weight excluding hydrogens is 427 g/mol. The third-order valence-corrected chi connectivity index (χ3v) is 5.28. The van der Waals surface area contributed by atoms with Gasteiger partial charge < -0.3 is 10.2 Å². The number of anilines is 2. The lowest BCUT2D eigenvalue weighted by atomic mass is 9.99. The summed E-state index contributed by atoms with van der Waals surface area (Å²) in [5.74, 6) is -0.0559. The van der Waals surface area contributed by atoms with Gasteiger partial charge in [-0.15, -0.1) is 0 Å². The highest BCUT2D eigenvalue weighted by Crippen LogP contribution is 2.31. The van der Waals surface area contributed by atoms with Gasteiger partial charge in [0.25, 0.3) is 5.91 Å². The molecule has 0 aliphatic carbocycles. The molecule has 0 saturated carbocycles. The molecule has 0 fully saturated rings. The molecule has 1 heterocycles. The normalized spacial score (nSPS) is 13.5. The minimum Gasteiger partial charge on any atom is -0.322 e. The average molecular weight is 448 g/mol. The lowest BCUT2D eigenvalue weighted by molar-refractivity contribution is -0.121. The van der Waals surface area contributed by atoms with Crippen LogP contribution in [-0.4, -0.2) is 18.4 Å². The van der Waals surface area contributed by atoms with Crippen LogP contribution in [0.25, 0.3) is 0 Å². The third kappa shape index (κ3) is 3.86. The fourth-order valence-corrected chi connectivity index (χ4v) is 3.67. The van der Waals surface area contributed by atoms with Crippen LogP contribution in [0.1, 0.15) is 36.2 Å². The second kappa shape index (κ2) is 7.56. The van der Waals surface area contributed by atoms with Crippen LogP contribution in [0.4, 0.5) is 11.4 Å². The zero-order valence-electron chi connectivity index (χ0n) is 14.4. The number of amides is 2. The number of fused-ring (bicyclic) bond motifs is 1. The topological polar surface area (TPSA) is 49.4 Å². The standard InChI is InChI=1S/C20H21IN2O2/c1-13(2)20(25)23-11-5-6-14-9-10-15(12-18(14)23)22-19(24)16-7-3-4-8-17(16)21/h3-4,7-10,12-13H,5-6,11H2,1-2H3,(H,22,24). The third-order valence-electron chi connectivity index (χ3n) is 4.34. The van der Waals surface area contributed by atoms with Crippen molar-refractivity contribution in [2.45, 2.75) is 26.7 Å². The first kappa shape index (κ1) is 17.9. The van der Waals surface area contributed by atoms with Crippen molar-refractivity contribution in [3.8, 4) is 0 Å². The van der Waals surface area contributed by atoms with Crippen molar-refractivity contribution in [1.29, 1.82) is 0 Å². The highest BCUT2D eigenvalue weighted by atomic mass is 127. The van der Waals surface area contributed by atoms with E-state index in [9.17, 15) is 9.59 Å². The summed E-state index contributed by atoms with van der Waals surface area (Å²) >= 11 is 2.16.